The Hall–Kier alpha value is -2.88. The van der Waals surface area contributed by atoms with Crippen LogP contribution in [0.2, 0.25) is 20.1 Å². The van der Waals surface area contributed by atoms with E-state index in [1.165, 1.54) is 22.0 Å². The number of ether oxygens (including phenoxy) is 1. The van der Waals surface area contributed by atoms with Crippen molar-refractivity contribution >= 4 is 84.8 Å². The van der Waals surface area contributed by atoms with Crippen molar-refractivity contribution in [1.82, 2.24) is 14.5 Å². The van der Waals surface area contributed by atoms with E-state index in [1.54, 1.807) is 42.8 Å². The largest absolute Gasteiger partial charge is 0.491 e. The van der Waals surface area contributed by atoms with Crippen molar-refractivity contribution in [3.8, 4) is 16.9 Å². The Labute approximate surface area is 233 Å². The molecule has 0 bridgehead atoms. The van der Waals surface area contributed by atoms with Crippen LogP contribution >= 0.6 is 57.7 Å². The fraction of sp³-hybridized carbons (Fsp3) is 0.120. The Bertz CT molecular complexity index is 1780. The van der Waals surface area contributed by atoms with Crippen LogP contribution < -0.4 is 10.3 Å². The van der Waals surface area contributed by atoms with E-state index in [0.29, 0.717) is 37.9 Å². The van der Waals surface area contributed by atoms with Crippen LogP contribution in [0.3, 0.4) is 0 Å². The van der Waals surface area contributed by atoms with Gasteiger partial charge in [-0.05, 0) is 37.3 Å². The predicted molar refractivity (Wildman–Crippen MR) is 148 cm³/mol. The molecule has 0 spiro atoms. The molecule has 1 N–H and O–H groups in total. The number of aromatic carboxylic acids is 1. The van der Waals surface area contributed by atoms with Gasteiger partial charge in [-0.25, -0.2) is 9.78 Å². The summed E-state index contributed by atoms with van der Waals surface area (Å²) < 4.78 is 8.24. The number of pyridine rings is 1. The molecule has 0 aliphatic heterocycles. The molecule has 7 nitrogen and oxygen atoms in total. The summed E-state index contributed by atoms with van der Waals surface area (Å²) in [6, 6.07) is 8.45. The normalized spacial score (nSPS) is 11.4. The minimum absolute atomic E-state index is 0.0507. The first-order valence-corrected chi connectivity index (χ1v) is 13.1. The van der Waals surface area contributed by atoms with Crippen LogP contribution in [-0.2, 0) is 6.54 Å². The van der Waals surface area contributed by atoms with Crippen LogP contribution in [-0.4, -0.2) is 32.2 Å². The maximum atomic E-state index is 13.2. The van der Waals surface area contributed by atoms with Crippen molar-refractivity contribution in [1.29, 1.82) is 0 Å². The molecule has 0 unspecified atom stereocenters. The number of halogens is 4. The van der Waals surface area contributed by atoms with E-state index in [0.717, 1.165) is 5.56 Å². The summed E-state index contributed by atoms with van der Waals surface area (Å²) in [7, 11) is 0. The highest BCUT2D eigenvalue weighted by Gasteiger charge is 2.19. The van der Waals surface area contributed by atoms with Gasteiger partial charge in [0.1, 0.15) is 18.2 Å². The zero-order valence-corrected chi connectivity index (χ0v) is 22.7. The molecule has 3 heterocycles. The molecular weight excluding hydrogens is 580 g/mol. The van der Waals surface area contributed by atoms with Gasteiger partial charge in [-0.3, -0.25) is 14.3 Å². The monoisotopic (exact) mass is 593 g/mol. The van der Waals surface area contributed by atoms with Crippen molar-refractivity contribution < 1.29 is 14.6 Å². The number of rotatable bonds is 6. The molecular formula is C25H15Cl4N3O4S. The van der Waals surface area contributed by atoms with Gasteiger partial charge in [-0.2, -0.15) is 0 Å². The predicted octanol–water partition coefficient (Wildman–Crippen LogP) is 7.37. The minimum atomic E-state index is -1.05. The second kappa shape index (κ2) is 10.1. The Morgan fingerprint density at radius 2 is 1.89 bits per heavy atom. The number of benzene rings is 2. The van der Waals surface area contributed by atoms with Crippen LogP contribution in [0, 0.1) is 6.92 Å². The van der Waals surface area contributed by atoms with Crippen molar-refractivity contribution in [2.75, 3.05) is 6.61 Å². The van der Waals surface area contributed by atoms with Crippen molar-refractivity contribution in [2.24, 2.45) is 0 Å². The third kappa shape index (κ3) is 4.64. The summed E-state index contributed by atoms with van der Waals surface area (Å²) in [6.07, 6.45) is 1.55. The third-order valence-electron chi connectivity index (χ3n) is 5.76. The van der Waals surface area contributed by atoms with E-state index in [2.05, 4.69) is 9.97 Å². The van der Waals surface area contributed by atoms with E-state index < -0.39 is 5.97 Å². The summed E-state index contributed by atoms with van der Waals surface area (Å²) in [5.41, 5.74) is 1.92. The number of fused-ring (bicyclic) bond motifs is 2. The Kier molecular flexibility index (Phi) is 7.04. The smallest absolute Gasteiger partial charge is 0.338 e. The van der Waals surface area contributed by atoms with Gasteiger partial charge in [0.15, 0.2) is 0 Å². The summed E-state index contributed by atoms with van der Waals surface area (Å²) in [4.78, 5) is 33.5. The van der Waals surface area contributed by atoms with Crippen molar-refractivity contribution in [2.45, 2.75) is 13.5 Å². The molecule has 0 radical (unpaired) electrons. The van der Waals surface area contributed by atoms with Gasteiger partial charge < -0.3 is 9.84 Å². The van der Waals surface area contributed by atoms with Gasteiger partial charge in [-0.1, -0.05) is 46.4 Å². The molecule has 0 atom stereocenters. The van der Waals surface area contributed by atoms with Crippen LogP contribution in [0.5, 0.6) is 5.75 Å². The summed E-state index contributed by atoms with van der Waals surface area (Å²) in [5, 5.41) is 12.1. The first kappa shape index (κ1) is 25.8. The maximum absolute atomic E-state index is 13.2. The molecule has 0 saturated carbocycles. The molecule has 3 aromatic heterocycles. The quantitative estimate of drug-likeness (QED) is 0.206. The van der Waals surface area contributed by atoms with E-state index in [1.807, 2.05) is 0 Å². The highest BCUT2D eigenvalue weighted by atomic mass is 35.5. The van der Waals surface area contributed by atoms with Gasteiger partial charge in [0.05, 0.1) is 48.3 Å². The zero-order chi connectivity index (χ0) is 26.4. The Morgan fingerprint density at radius 3 is 2.65 bits per heavy atom. The van der Waals surface area contributed by atoms with E-state index in [4.69, 9.17) is 51.1 Å². The number of aromatic nitrogens is 3. The lowest BCUT2D eigenvalue weighted by Crippen LogP contribution is -2.26. The van der Waals surface area contributed by atoms with E-state index in [-0.39, 0.29) is 44.7 Å². The van der Waals surface area contributed by atoms with Crippen LogP contribution in [0.1, 0.15) is 16.2 Å². The second-order valence-electron chi connectivity index (χ2n) is 7.98. The van der Waals surface area contributed by atoms with E-state index >= 15 is 0 Å². The van der Waals surface area contributed by atoms with Gasteiger partial charge in [0.2, 0.25) is 0 Å². The average Bonchev–Trinajstić information content (AvgIpc) is 3.30. The minimum Gasteiger partial charge on any atom is -0.491 e. The molecule has 0 saturated heterocycles. The number of thiophene rings is 1. The molecule has 0 amide bonds. The molecule has 0 fully saturated rings. The van der Waals surface area contributed by atoms with Crippen LogP contribution in [0.4, 0.5) is 0 Å². The van der Waals surface area contributed by atoms with Crippen LogP contribution in [0.25, 0.3) is 32.2 Å². The molecule has 12 heteroatoms. The number of aryl methyl sites for hydroxylation is 1. The lowest BCUT2D eigenvalue weighted by Gasteiger charge is -2.15. The van der Waals surface area contributed by atoms with Crippen LogP contribution in [0.15, 0.2) is 46.7 Å². The summed E-state index contributed by atoms with van der Waals surface area (Å²) >= 11 is 26.1. The number of carbonyl (C=O) groups is 1. The Balaban J connectivity index is 1.49. The SMILES string of the molecule is Cc1nc2cc(Cl)c(Cl)c(Cl)c2c(=O)n1CCOc1ccc(Cl)cc1-c1ccnc2c(C(=O)O)csc12. The molecule has 37 heavy (non-hydrogen) atoms. The highest BCUT2D eigenvalue weighted by Crippen LogP contribution is 2.40. The highest BCUT2D eigenvalue weighted by molar-refractivity contribution is 7.18. The standard InChI is InChI=1S/C25H15Cl4N3O4S/c1-11-31-17-9-16(27)20(28)21(29)19(17)24(33)32(11)6-7-36-18-3-2-12(26)8-14(18)13-4-5-30-22-15(25(34)35)10-37-23(13)22/h2-5,8-10H,6-7H2,1H3,(H,34,35). The first-order chi connectivity index (χ1) is 17.7. The maximum Gasteiger partial charge on any atom is 0.338 e. The summed E-state index contributed by atoms with van der Waals surface area (Å²) in [6.45, 7) is 2.01. The molecule has 188 valence electrons. The zero-order valence-electron chi connectivity index (χ0n) is 18.9. The lowest BCUT2D eigenvalue weighted by atomic mass is 10.0. The van der Waals surface area contributed by atoms with Gasteiger partial charge in [0.25, 0.3) is 5.56 Å². The molecule has 0 aliphatic carbocycles. The summed E-state index contributed by atoms with van der Waals surface area (Å²) in [5.74, 6) is -0.0797. The second-order valence-corrected chi connectivity index (χ2v) is 10.5. The number of nitrogens with zero attached hydrogens (tertiary/aromatic N) is 3. The molecule has 5 rings (SSSR count). The topological polar surface area (TPSA) is 94.3 Å². The molecule has 0 aliphatic rings. The molecule has 5 aromatic rings. The number of hydrogen-bond acceptors (Lipinski definition) is 6. The number of hydrogen-bond donors (Lipinski definition) is 1. The fourth-order valence-corrected chi connectivity index (χ4v) is 5.91. The van der Waals surface area contributed by atoms with Gasteiger partial charge in [-0.15, -0.1) is 11.3 Å². The first-order valence-electron chi connectivity index (χ1n) is 10.7. The Morgan fingerprint density at radius 1 is 1.11 bits per heavy atom. The van der Waals surface area contributed by atoms with Gasteiger partial charge in [0, 0.05) is 27.7 Å². The average molecular weight is 595 g/mol. The van der Waals surface area contributed by atoms with Crippen molar-refractivity contribution in [3.05, 3.63) is 83.7 Å². The van der Waals surface area contributed by atoms with Gasteiger partial charge >= 0.3 is 5.97 Å². The number of carboxylic acid groups (broad SMARTS) is 1. The lowest BCUT2D eigenvalue weighted by molar-refractivity contribution is 0.0699. The fourth-order valence-electron chi connectivity index (χ4n) is 4.04. The van der Waals surface area contributed by atoms with Crippen molar-refractivity contribution in [3.63, 3.8) is 0 Å². The molecule has 2 aromatic carbocycles. The number of carboxylic acids is 1. The third-order valence-corrected chi connectivity index (χ3v) is 8.26. The van der Waals surface area contributed by atoms with E-state index in [9.17, 15) is 14.7 Å².